The number of benzene rings is 2. The van der Waals surface area contributed by atoms with E-state index in [0.29, 0.717) is 17.1 Å². The Morgan fingerprint density at radius 2 is 1.71 bits per heavy atom. The average Bonchev–Trinajstić information content (AvgIpc) is 2.48. The van der Waals surface area contributed by atoms with Crippen LogP contribution in [0.5, 0.6) is 0 Å². The summed E-state index contributed by atoms with van der Waals surface area (Å²) in [5.74, 6) is -0.440. The number of rotatable bonds is 5. The van der Waals surface area contributed by atoms with Gasteiger partial charge in [-0.1, -0.05) is 54.1 Å². The van der Waals surface area contributed by atoms with E-state index < -0.39 is 5.97 Å². The molecule has 0 radical (unpaired) electrons. The number of allylic oxidation sites excluding steroid dienone is 1. The number of nitrogens with two attached hydrogens (primary N) is 1. The van der Waals surface area contributed by atoms with Crippen LogP contribution < -0.4 is 5.73 Å². The van der Waals surface area contributed by atoms with E-state index in [-0.39, 0.29) is 6.61 Å². The van der Waals surface area contributed by atoms with Crippen molar-refractivity contribution in [3.63, 3.8) is 0 Å². The summed E-state index contributed by atoms with van der Waals surface area (Å²) in [4.78, 5) is 11.7. The van der Waals surface area contributed by atoms with Crippen LogP contribution in [-0.2, 0) is 22.6 Å². The minimum Gasteiger partial charge on any atom is -0.458 e. The number of hydrogen-bond acceptors (Lipinski definition) is 3. The molecule has 0 aliphatic heterocycles. The molecule has 0 saturated heterocycles. The second-order valence-electron chi connectivity index (χ2n) is 4.62. The molecule has 0 fully saturated rings. The summed E-state index contributed by atoms with van der Waals surface area (Å²) < 4.78 is 5.14. The largest absolute Gasteiger partial charge is 0.458 e. The maximum atomic E-state index is 11.7. The first-order valence-electron chi connectivity index (χ1n) is 6.54. The second-order valence-corrected chi connectivity index (χ2v) is 5.05. The molecular weight excluding hydrogens is 286 g/mol. The van der Waals surface area contributed by atoms with E-state index in [1.54, 1.807) is 12.1 Å². The van der Waals surface area contributed by atoms with E-state index in [2.05, 4.69) is 0 Å². The van der Waals surface area contributed by atoms with E-state index in [4.69, 9.17) is 22.1 Å². The van der Waals surface area contributed by atoms with Crippen LogP contribution in [0, 0.1) is 0 Å². The maximum absolute atomic E-state index is 11.7. The fourth-order valence-electron chi connectivity index (χ4n) is 1.81. The molecule has 0 aromatic heterocycles. The molecule has 0 atom stereocenters. The number of ether oxygens (including phenoxy) is 1. The predicted molar refractivity (Wildman–Crippen MR) is 83.7 cm³/mol. The zero-order valence-electron chi connectivity index (χ0n) is 11.5. The Kier molecular flexibility index (Phi) is 5.41. The molecule has 0 heterocycles. The van der Waals surface area contributed by atoms with Gasteiger partial charge in [-0.05, 0) is 23.3 Å². The Morgan fingerprint density at radius 1 is 1.05 bits per heavy atom. The Balaban J connectivity index is 1.86. The predicted octanol–water partition coefficient (Wildman–Crippen LogP) is 3.47. The zero-order valence-corrected chi connectivity index (χ0v) is 12.2. The molecular formula is C17H16ClNO2. The van der Waals surface area contributed by atoms with Crippen molar-refractivity contribution < 1.29 is 9.53 Å². The number of halogens is 1. The van der Waals surface area contributed by atoms with Gasteiger partial charge >= 0.3 is 5.97 Å². The molecule has 4 heteroatoms. The fraction of sp³-hybridized carbons (Fsp3) is 0.118. The van der Waals surface area contributed by atoms with E-state index in [0.717, 1.165) is 11.1 Å². The first-order valence-corrected chi connectivity index (χ1v) is 6.92. The second kappa shape index (κ2) is 7.50. The van der Waals surface area contributed by atoms with Crippen LogP contribution in [0.15, 0.2) is 66.4 Å². The Bertz CT molecular complexity index is 621. The lowest BCUT2D eigenvalue weighted by molar-refractivity contribution is -0.139. The highest BCUT2D eigenvalue weighted by molar-refractivity contribution is 6.30. The highest BCUT2D eigenvalue weighted by Gasteiger charge is 2.02. The quantitative estimate of drug-likeness (QED) is 0.679. The Hall–Kier alpha value is -2.26. The van der Waals surface area contributed by atoms with Crippen LogP contribution in [0.3, 0.4) is 0 Å². The molecule has 2 aromatic carbocycles. The summed E-state index contributed by atoms with van der Waals surface area (Å²) in [5, 5.41) is 0.670. The summed E-state index contributed by atoms with van der Waals surface area (Å²) >= 11 is 5.81. The van der Waals surface area contributed by atoms with E-state index >= 15 is 0 Å². The zero-order chi connectivity index (χ0) is 15.1. The van der Waals surface area contributed by atoms with Gasteiger partial charge < -0.3 is 10.5 Å². The van der Waals surface area contributed by atoms with Gasteiger partial charge in [-0.15, -0.1) is 0 Å². The number of carbonyl (C=O) groups excluding carboxylic acids is 1. The summed E-state index contributed by atoms with van der Waals surface area (Å²) in [6, 6.07) is 16.8. The van der Waals surface area contributed by atoms with Crippen molar-refractivity contribution in [2.24, 2.45) is 5.73 Å². The van der Waals surface area contributed by atoms with Crippen LogP contribution in [0.2, 0.25) is 5.02 Å². The molecule has 21 heavy (non-hydrogen) atoms. The molecule has 3 nitrogen and oxygen atoms in total. The summed E-state index contributed by atoms with van der Waals surface area (Å²) in [6.07, 6.45) is 1.80. The number of esters is 1. The maximum Gasteiger partial charge on any atom is 0.332 e. The SMILES string of the molecule is N/C(=C\C(=O)OCc1ccccc1)Cc1ccc(Cl)cc1. The van der Waals surface area contributed by atoms with Crippen LogP contribution in [0.4, 0.5) is 0 Å². The molecule has 0 amide bonds. The normalized spacial score (nSPS) is 11.2. The van der Waals surface area contributed by atoms with Crippen molar-refractivity contribution in [2.45, 2.75) is 13.0 Å². The highest BCUT2D eigenvalue weighted by Crippen LogP contribution is 2.11. The van der Waals surface area contributed by atoms with Gasteiger partial charge in [0.25, 0.3) is 0 Å². The molecule has 0 aliphatic rings. The van der Waals surface area contributed by atoms with Gasteiger partial charge in [-0.3, -0.25) is 0 Å². The molecule has 0 aliphatic carbocycles. The third-order valence-corrected chi connectivity index (χ3v) is 3.10. The topological polar surface area (TPSA) is 52.3 Å². The van der Waals surface area contributed by atoms with Gasteiger partial charge in [-0.2, -0.15) is 0 Å². The van der Waals surface area contributed by atoms with Crippen molar-refractivity contribution in [1.29, 1.82) is 0 Å². The number of hydrogen-bond donors (Lipinski definition) is 1. The Labute approximate surface area is 129 Å². The van der Waals surface area contributed by atoms with Gasteiger partial charge in [-0.25, -0.2) is 4.79 Å². The van der Waals surface area contributed by atoms with Crippen LogP contribution in [0.1, 0.15) is 11.1 Å². The highest BCUT2D eigenvalue weighted by atomic mass is 35.5. The molecule has 2 N–H and O–H groups in total. The van der Waals surface area contributed by atoms with E-state index in [1.807, 2.05) is 42.5 Å². The third-order valence-electron chi connectivity index (χ3n) is 2.85. The van der Waals surface area contributed by atoms with E-state index in [1.165, 1.54) is 6.08 Å². The monoisotopic (exact) mass is 301 g/mol. The lowest BCUT2D eigenvalue weighted by Crippen LogP contribution is -2.08. The smallest absolute Gasteiger partial charge is 0.332 e. The standard InChI is InChI=1S/C17H16ClNO2/c18-15-8-6-13(7-9-15)10-16(19)11-17(20)21-12-14-4-2-1-3-5-14/h1-9,11H,10,12,19H2/b16-11-. The van der Waals surface area contributed by atoms with Gasteiger partial charge in [0.05, 0.1) is 0 Å². The van der Waals surface area contributed by atoms with Crippen molar-refractivity contribution in [2.75, 3.05) is 0 Å². The molecule has 2 aromatic rings. The lowest BCUT2D eigenvalue weighted by Gasteiger charge is -2.04. The van der Waals surface area contributed by atoms with Crippen molar-refractivity contribution in [3.05, 3.63) is 82.5 Å². The fourth-order valence-corrected chi connectivity index (χ4v) is 1.94. The van der Waals surface area contributed by atoms with Crippen LogP contribution >= 0.6 is 11.6 Å². The van der Waals surface area contributed by atoms with Crippen LogP contribution in [-0.4, -0.2) is 5.97 Å². The molecule has 2 rings (SSSR count). The molecule has 108 valence electrons. The first kappa shape index (κ1) is 15.1. The van der Waals surface area contributed by atoms with Crippen molar-refractivity contribution in [3.8, 4) is 0 Å². The van der Waals surface area contributed by atoms with E-state index in [9.17, 15) is 4.79 Å². The van der Waals surface area contributed by atoms with Crippen LogP contribution in [0.25, 0.3) is 0 Å². The molecule has 0 bridgehead atoms. The lowest BCUT2D eigenvalue weighted by atomic mass is 10.1. The molecule has 0 spiro atoms. The first-order chi connectivity index (χ1) is 10.1. The average molecular weight is 302 g/mol. The minimum absolute atomic E-state index is 0.240. The van der Waals surface area contributed by atoms with Crippen molar-refractivity contribution >= 4 is 17.6 Å². The van der Waals surface area contributed by atoms with Gasteiger partial charge in [0.15, 0.2) is 0 Å². The summed E-state index contributed by atoms with van der Waals surface area (Å²) in [7, 11) is 0. The molecule has 0 unspecified atom stereocenters. The summed E-state index contributed by atoms with van der Waals surface area (Å²) in [5.41, 5.74) is 8.23. The molecule has 0 saturated carbocycles. The summed E-state index contributed by atoms with van der Waals surface area (Å²) in [6.45, 7) is 0.240. The minimum atomic E-state index is -0.440. The third kappa shape index (κ3) is 5.32. The van der Waals surface area contributed by atoms with Gasteiger partial charge in [0.2, 0.25) is 0 Å². The number of carbonyl (C=O) groups is 1. The van der Waals surface area contributed by atoms with Crippen molar-refractivity contribution in [1.82, 2.24) is 0 Å². The Morgan fingerprint density at radius 3 is 2.38 bits per heavy atom. The van der Waals surface area contributed by atoms with Gasteiger partial charge in [0.1, 0.15) is 6.61 Å². The van der Waals surface area contributed by atoms with Gasteiger partial charge in [0, 0.05) is 23.2 Å².